The van der Waals surface area contributed by atoms with E-state index in [1.165, 1.54) is 0 Å². The van der Waals surface area contributed by atoms with Gasteiger partial charge in [0.1, 0.15) is 17.7 Å². The van der Waals surface area contributed by atoms with Crippen LogP contribution in [0.3, 0.4) is 0 Å². The van der Waals surface area contributed by atoms with E-state index in [-0.39, 0.29) is 6.54 Å². The number of imidazole rings is 1. The molecule has 0 spiro atoms. The molecule has 2 aromatic rings. The Morgan fingerprint density at radius 3 is 2.71 bits per heavy atom. The second-order valence-corrected chi connectivity index (χ2v) is 5.19. The summed E-state index contributed by atoms with van der Waals surface area (Å²) in [5.74, 6) is 1.62. The highest BCUT2D eigenvalue weighted by Crippen LogP contribution is 2.19. The van der Waals surface area contributed by atoms with Gasteiger partial charge in [0, 0.05) is 31.2 Å². The van der Waals surface area contributed by atoms with Crippen molar-refractivity contribution in [2.75, 3.05) is 20.2 Å². The van der Waals surface area contributed by atoms with Crippen LogP contribution in [0.4, 0.5) is 4.39 Å². The number of likely N-dealkylation sites (tertiary alicyclic amines) is 1. The standard InChI is InChI=1S/C15H18FN3O2/c1-21-12-4-2-11(3-5-12)19-7-6-17-15(19)10-18-8-13(16)14(20)9-18/h2-7,13-14,20H,8-10H2,1H3/t13-,14-/m1/s1. The lowest BCUT2D eigenvalue weighted by molar-refractivity contribution is 0.115. The van der Waals surface area contributed by atoms with Gasteiger partial charge in [-0.3, -0.25) is 4.90 Å². The summed E-state index contributed by atoms with van der Waals surface area (Å²) in [4.78, 5) is 6.21. The highest BCUT2D eigenvalue weighted by Gasteiger charge is 2.31. The number of methoxy groups -OCH3 is 1. The third kappa shape index (κ3) is 2.91. The minimum atomic E-state index is -1.17. The predicted octanol–water partition coefficient (Wildman–Crippen LogP) is 1.40. The van der Waals surface area contributed by atoms with Crippen molar-refractivity contribution in [3.63, 3.8) is 0 Å². The van der Waals surface area contributed by atoms with Crippen LogP contribution in [0.2, 0.25) is 0 Å². The second-order valence-electron chi connectivity index (χ2n) is 5.19. The molecule has 0 radical (unpaired) electrons. The Bertz CT molecular complexity index is 589. The molecule has 5 nitrogen and oxygen atoms in total. The largest absolute Gasteiger partial charge is 0.497 e. The van der Waals surface area contributed by atoms with Crippen LogP contribution in [0, 0.1) is 0 Å². The van der Waals surface area contributed by atoms with Gasteiger partial charge in [-0.15, -0.1) is 0 Å². The number of rotatable bonds is 4. The van der Waals surface area contributed by atoms with E-state index in [4.69, 9.17) is 4.74 Å². The summed E-state index contributed by atoms with van der Waals surface area (Å²) in [5.41, 5.74) is 0.972. The molecular weight excluding hydrogens is 273 g/mol. The first kappa shape index (κ1) is 14.0. The molecule has 2 atom stereocenters. The van der Waals surface area contributed by atoms with Gasteiger partial charge < -0.3 is 14.4 Å². The number of aliphatic hydroxyl groups excluding tert-OH is 1. The molecule has 6 heteroatoms. The Morgan fingerprint density at radius 2 is 2.10 bits per heavy atom. The number of hydrogen-bond acceptors (Lipinski definition) is 4. The molecule has 1 aliphatic rings. The maximum Gasteiger partial charge on any atom is 0.140 e. The van der Waals surface area contributed by atoms with E-state index in [1.54, 1.807) is 13.3 Å². The van der Waals surface area contributed by atoms with Crippen molar-refractivity contribution >= 4 is 0 Å². The van der Waals surface area contributed by atoms with Crippen LogP contribution in [0.5, 0.6) is 5.75 Å². The maximum atomic E-state index is 13.4. The topological polar surface area (TPSA) is 50.5 Å². The number of ether oxygens (including phenoxy) is 1. The molecule has 112 valence electrons. The second kappa shape index (κ2) is 5.83. The van der Waals surface area contributed by atoms with Crippen molar-refractivity contribution in [3.05, 3.63) is 42.5 Å². The van der Waals surface area contributed by atoms with Crippen LogP contribution in [0.25, 0.3) is 5.69 Å². The molecule has 1 N–H and O–H groups in total. The van der Waals surface area contributed by atoms with Crippen LogP contribution in [0.15, 0.2) is 36.7 Å². The van der Waals surface area contributed by atoms with E-state index in [0.717, 1.165) is 17.3 Å². The van der Waals surface area contributed by atoms with Gasteiger partial charge in [-0.05, 0) is 24.3 Å². The van der Waals surface area contributed by atoms with Crippen LogP contribution >= 0.6 is 0 Å². The Hall–Kier alpha value is -1.92. The molecule has 0 saturated carbocycles. The highest BCUT2D eigenvalue weighted by atomic mass is 19.1. The van der Waals surface area contributed by atoms with Crippen molar-refractivity contribution in [3.8, 4) is 11.4 Å². The molecule has 1 aromatic carbocycles. The van der Waals surface area contributed by atoms with Crippen LogP contribution < -0.4 is 4.74 Å². The summed E-state index contributed by atoms with van der Waals surface area (Å²) in [6.07, 6.45) is 1.53. The molecule has 1 aromatic heterocycles. The van der Waals surface area contributed by atoms with Crippen molar-refractivity contribution < 1.29 is 14.2 Å². The lowest BCUT2D eigenvalue weighted by Crippen LogP contribution is -2.23. The highest BCUT2D eigenvalue weighted by molar-refractivity contribution is 5.38. The zero-order valence-corrected chi connectivity index (χ0v) is 11.8. The Morgan fingerprint density at radius 1 is 1.33 bits per heavy atom. The smallest absolute Gasteiger partial charge is 0.140 e. The number of alkyl halides is 1. The SMILES string of the molecule is COc1ccc(-n2ccnc2CN2C[C@@H](O)[C@H](F)C2)cc1. The van der Waals surface area contributed by atoms with E-state index >= 15 is 0 Å². The monoisotopic (exact) mass is 291 g/mol. The van der Waals surface area contributed by atoms with Gasteiger partial charge >= 0.3 is 0 Å². The van der Waals surface area contributed by atoms with Crippen LogP contribution in [-0.4, -0.2) is 52.0 Å². The number of nitrogens with zero attached hydrogens (tertiary/aromatic N) is 3. The number of β-amino-alcohol motifs (C(OH)–C–C–N with tert-alkyl or cyclic N) is 1. The number of aromatic nitrogens is 2. The van der Waals surface area contributed by atoms with E-state index in [9.17, 15) is 9.50 Å². The van der Waals surface area contributed by atoms with Crippen LogP contribution in [-0.2, 0) is 6.54 Å². The minimum Gasteiger partial charge on any atom is -0.497 e. The Kier molecular flexibility index (Phi) is 3.90. The third-order valence-electron chi connectivity index (χ3n) is 3.73. The molecule has 1 fully saturated rings. The zero-order chi connectivity index (χ0) is 14.8. The number of benzene rings is 1. The molecule has 3 rings (SSSR count). The Balaban J connectivity index is 1.77. The quantitative estimate of drug-likeness (QED) is 0.925. The van der Waals surface area contributed by atoms with E-state index in [1.807, 2.05) is 39.9 Å². The normalized spacial score (nSPS) is 22.6. The van der Waals surface area contributed by atoms with Gasteiger partial charge in [-0.2, -0.15) is 0 Å². The first-order valence-corrected chi connectivity index (χ1v) is 6.88. The summed E-state index contributed by atoms with van der Waals surface area (Å²) in [6, 6.07) is 7.66. The first-order valence-electron chi connectivity index (χ1n) is 6.88. The van der Waals surface area contributed by atoms with Crippen molar-refractivity contribution in [2.24, 2.45) is 0 Å². The average molecular weight is 291 g/mol. The predicted molar refractivity (Wildman–Crippen MR) is 76.3 cm³/mol. The molecule has 1 saturated heterocycles. The fourth-order valence-corrected chi connectivity index (χ4v) is 2.58. The summed E-state index contributed by atoms with van der Waals surface area (Å²) in [5, 5.41) is 9.48. The van der Waals surface area contributed by atoms with Crippen molar-refractivity contribution in [1.29, 1.82) is 0 Å². The average Bonchev–Trinajstić information content (AvgIpc) is 3.07. The fourth-order valence-electron chi connectivity index (χ4n) is 2.58. The van der Waals surface area contributed by atoms with Gasteiger partial charge in [-0.25, -0.2) is 9.37 Å². The zero-order valence-electron chi connectivity index (χ0n) is 11.8. The van der Waals surface area contributed by atoms with Gasteiger partial charge in [0.05, 0.1) is 19.8 Å². The van der Waals surface area contributed by atoms with E-state index in [0.29, 0.717) is 13.1 Å². The lowest BCUT2D eigenvalue weighted by atomic mass is 10.3. The fraction of sp³-hybridized carbons (Fsp3) is 0.400. The summed E-state index contributed by atoms with van der Waals surface area (Å²) in [6.45, 7) is 1.10. The molecule has 0 amide bonds. The van der Waals surface area contributed by atoms with Crippen molar-refractivity contribution in [2.45, 2.75) is 18.8 Å². The van der Waals surface area contributed by atoms with Gasteiger partial charge in [0.2, 0.25) is 0 Å². The number of hydrogen-bond donors (Lipinski definition) is 1. The van der Waals surface area contributed by atoms with E-state index < -0.39 is 12.3 Å². The van der Waals surface area contributed by atoms with Gasteiger partial charge in [0.15, 0.2) is 0 Å². The first-order chi connectivity index (χ1) is 10.2. The molecular formula is C15H18FN3O2. The lowest BCUT2D eigenvalue weighted by Gasteiger charge is -2.15. The molecule has 0 aliphatic carbocycles. The molecule has 0 bridgehead atoms. The molecule has 0 unspecified atom stereocenters. The Labute approximate surface area is 122 Å². The molecule has 2 heterocycles. The molecule has 1 aliphatic heterocycles. The minimum absolute atomic E-state index is 0.247. The van der Waals surface area contributed by atoms with Gasteiger partial charge in [-0.1, -0.05) is 0 Å². The third-order valence-corrected chi connectivity index (χ3v) is 3.73. The molecule has 21 heavy (non-hydrogen) atoms. The summed E-state index contributed by atoms with van der Waals surface area (Å²) in [7, 11) is 1.63. The number of halogens is 1. The van der Waals surface area contributed by atoms with Gasteiger partial charge in [0.25, 0.3) is 0 Å². The van der Waals surface area contributed by atoms with Crippen LogP contribution in [0.1, 0.15) is 5.82 Å². The summed E-state index contributed by atoms with van der Waals surface area (Å²) >= 11 is 0. The number of aliphatic hydroxyl groups is 1. The maximum absolute atomic E-state index is 13.4. The van der Waals surface area contributed by atoms with Crippen molar-refractivity contribution in [1.82, 2.24) is 14.5 Å². The summed E-state index contributed by atoms with van der Waals surface area (Å²) < 4.78 is 20.5. The van der Waals surface area contributed by atoms with E-state index in [2.05, 4.69) is 4.98 Å².